The normalized spacial score (nSPS) is 28.6. The van der Waals surface area contributed by atoms with E-state index in [1.807, 2.05) is 20.8 Å². The Labute approximate surface area is 144 Å². The van der Waals surface area contributed by atoms with Crippen LogP contribution in [0.4, 0.5) is 0 Å². The number of carbonyl (C=O) groups is 3. The first-order valence-electron chi connectivity index (χ1n) is 8.86. The predicted octanol–water partition coefficient (Wildman–Crippen LogP) is 1.98. The lowest BCUT2D eigenvalue weighted by Crippen LogP contribution is -2.53. The number of likely N-dealkylation sites (tertiary alicyclic amines) is 2. The van der Waals surface area contributed by atoms with Gasteiger partial charge in [0.25, 0.3) is 0 Å². The highest BCUT2D eigenvalue weighted by atomic mass is 16.4. The average molecular weight is 338 g/mol. The molecule has 0 bridgehead atoms. The van der Waals surface area contributed by atoms with Crippen LogP contribution in [0.3, 0.4) is 0 Å². The van der Waals surface area contributed by atoms with Gasteiger partial charge in [0, 0.05) is 31.6 Å². The van der Waals surface area contributed by atoms with Gasteiger partial charge in [0.1, 0.15) is 0 Å². The van der Waals surface area contributed by atoms with Gasteiger partial charge in [-0.15, -0.1) is 0 Å². The molecule has 0 radical (unpaired) electrons. The molecule has 0 aromatic rings. The highest BCUT2D eigenvalue weighted by Gasteiger charge is 2.42. The molecule has 0 aromatic carbocycles. The van der Waals surface area contributed by atoms with Crippen LogP contribution in [0.25, 0.3) is 0 Å². The van der Waals surface area contributed by atoms with Gasteiger partial charge in [-0.25, -0.2) is 0 Å². The second-order valence-electron chi connectivity index (χ2n) is 8.57. The third kappa shape index (κ3) is 3.90. The fraction of sp³-hybridized carbons (Fsp3) is 0.833. The Morgan fingerprint density at radius 2 is 1.71 bits per heavy atom. The van der Waals surface area contributed by atoms with Crippen molar-refractivity contribution in [1.29, 1.82) is 0 Å². The molecule has 2 unspecified atom stereocenters. The molecule has 2 aliphatic heterocycles. The molecule has 2 aliphatic rings. The zero-order valence-electron chi connectivity index (χ0n) is 15.3. The van der Waals surface area contributed by atoms with Crippen LogP contribution in [-0.4, -0.2) is 58.9 Å². The number of carbonyl (C=O) groups excluding carboxylic acids is 2. The predicted molar refractivity (Wildman–Crippen MR) is 90.3 cm³/mol. The molecule has 136 valence electrons. The molecule has 2 rings (SSSR count). The van der Waals surface area contributed by atoms with Gasteiger partial charge in [0.05, 0.1) is 11.3 Å². The highest BCUT2D eigenvalue weighted by Crippen LogP contribution is 2.32. The molecule has 0 saturated carbocycles. The Balaban J connectivity index is 2.04. The van der Waals surface area contributed by atoms with Gasteiger partial charge in [-0.1, -0.05) is 20.8 Å². The summed E-state index contributed by atoms with van der Waals surface area (Å²) >= 11 is 0. The van der Waals surface area contributed by atoms with Crippen LogP contribution in [0.15, 0.2) is 0 Å². The van der Waals surface area contributed by atoms with E-state index in [9.17, 15) is 19.5 Å². The van der Waals surface area contributed by atoms with E-state index in [-0.39, 0.29) is 24.3 Å². The average Bonchev–Trinajstić information content (AvgIpc) is 2.52. The number of carboxylic acids is 1. The van der Waals surface area contributed by atoms with Gasteiger partial charge in [-0.2, -0.15) is 0 Å². The van der Waals surface area contributed by atoms with E-state index in [1.165, 1.54) is 0 Å². The zero-order valence-corrected chi connectivity index (χ0v) is 15.3. The maximum absolute atomic E-state index is 12.9. The topological polar surface area (TPSA) is 77.9 Å². The smallest absolute Gasteiger partial charge is 0.311 e. The van der Waals surface area contributed by atoms with Gasteiger partial charge in [0.2, 0.25) is 11.8 Å². The number of hydrogen-bond donors (Lipinski definition) is 1. The van der Waals surface area contributed by atoms with Crippen molar-refractivity contribution in [2.45, 2.75) is 53.4 Å². The molecule has 2 atom stereocenters. The van der Waals surface area contributed by atoms with Crippen LogP contribution < -0.4 is 0 Å². The van der Waals surface area contributed by atoms with Crippen molar-refractivity contribution in [3.05, 3.63) is 0 Å². The Morgan fingerprint density at radius 3 is 2.29 bits per heavy atom. The second kappa shape index (κ2) is 6.73. The number of carboxylic acid groups (broad SMARTS) is 1. The summed E-state index contributed by atoms with van der Waals surface area (Å²) in [6.45, 7) is 9.43. The minimum Gasteiger partial charge on any atom is -0.481 e. The Hall–Kier alpha value is -1.59. The van der Waals surface area contributed by atoms with E-state index < -0.39 is 16.8 Å². The molecule has 1 N–H and O–H groups in total. The molecule has 6 heteroatoms. The minimum absolute atomic E-state index is 0.00795. The van der Waals surface area contributed by atoms with Crippen molar-refractivity contribution in [2.75, 3.05) is 26.2 Å². The molecular formula is C18H30N2O4. The van der Waals surface area contributed by atoms with Crippen molar-refractivity contribution in [1.82, 2.24) is 9.80 Å². The largest absolute Gasteiger partial charge is 0.481 e. The Kier molecular flexibility index (Phi) is 5.25. The lowest BCUT2D eigenvalue weighted by Gasteiger charge is -2.41. The molecule has 0 aliphatic carbocycles. The lowest BCUT2D eigenvalue weighted by atomic mass is 9.81. The van der Waals surface area contributed by atoms with Crippen molar-refractivity contribution < 1.29 is 19.5 Å². The molecule has 24 heavy (non-hydrogen) atoms. The Morgan fingerprint density at radius 1 is 1.08 bits per heavy atom. The summed E-state index contributed by atoms with van der Waals surface area (Å²) in [6.07, 6.45) is 2.91. The molecule has 0 aromatic heterocycles. The van der Waals surface area contributed by atoms with Crippen molar-refractivity contribution in [3.8, 4) is 0 Å². The van der Waals surface area contributed by atoms with E-state index in [0.717, 1.165) is 12.8 Å². The summed E-state index contributed by atoms with van der Waals surface area (Å²) < 4.78 is 0. The highest BCUT2D eigenvalue weighted by molar-refractivity contribution is 5.84. The van der Waals surface area contributed by atoms with Crippen LogP contribution in [0, 0.1) is 16.7 Å². The van der Waals surface area contributed by atoms with Gasteiger partial charge in [-0.05, 0) is 32.6 Å². The summed E-state index contributed by atoms with van der Waals surface area (Å²) in [7, 11) is 0. The minimum atomic E-state index is -0.858. The SMILES string of the molecule is CC(C)(C)C(=O)N1CCCC(C(=O)N2CCCC(C)(C(=O)O)C2)C1. The van der Waals surface area contributed by atoms with E-state index in [2.05, 4.69) is 0 Å². The summed E-state index contributed by atoms with van der Waals surface area (Å²) in [4.78, 5) is 40.3. The zero-order chi connectivity index (χ0) is 18.1. The van der Waals surface area contributed by atoms with E-state index in [1.54, 1.807) is 16.7 Å². The summed E-state index contributed by atoms with van der Waals surface area (Å²) in [5.74, 6) is -0.961. The van der Waals surface area contributed by atoms with Crippen molar-refractivity contribution >= 4 is 17.8 Å². The number of piperidine rings is 2. The first-order chi connectivity index (χ1) is 11.0. The van der Waals surface area contributed by atoms with Crippen molar-refractivity contribution in [3.63, 3.8) is 0 Å². The van der Waals surface area contributed by atoms with E-state index >= 15 is 0 Å². The molecule has 2 heterocycles. The van der Waals surface area contributed by atoms with Crippen LogP contribution in [0.1, 0.15) is 53.4 Å². The first kappa shape index (κ1) is 18.7. The van der Waals surface area contributed by atoms with Crippen LogP contribution in [0.2, 0.25) is 0 Å². The fourth-order valence-electron chi connectivity index (χ4n) is 3.70. The van der Waals surface area contributed by atoms with Crippen LogP contribution >= 0.6 is 0 Å². The van der Waals surface area contributed by atoms with E-state index in [0.29, 0.717) is 32.5 Å². The van der Waals surface area contributed by atoms with Crippen molar-refractivity contribution in [2.24, 2.45) is 16.7 Å². The number of nitrogens with zero attached hydrogens (tertiary/aromatic N) is 2. The van der Waals surface area contributed by atoms with Crippen LogP contribution in [0.5, 0.6) is 0 Å². The first-order valence-corrected chi connectivity index (χ1v) is 8.86. The summed E-state index contributed by atoms with van der Waals surface area (Å²) in [5, 5.41) is 9.42. The third-order valence-electron chi connectivity index (χ3n) is 5.22. The standard InChI is InChI=1S/C18H30N2O4/c1-17(2,3)15(22)19-9-5-7-13(11-19)14(21)20-10-6-8-18(4,12-20)16(23)24/h13H,5-12H2,1-4H3,(H,23,24). The molecule has 6 nitrogen and oxygen atoms in total. The second-order valence-corrected chi connectivity index (χ2v) is 8.57. The molecular weight excluding hydrogens is 308 g/mol. The van der Waals surface area contributed by atoms with Gasteiger partial charge in [0.15, 0.2) is 0 Å². The Bertz CT molecular complexity index is 526. The quantitative estimate of drug-likeness (QED) is 0.835. The number of rotatable bonds is 2. The molecule has 2 amide bonds. The summed E-state index contributed by atoms with van der Waals surface area (Å²) in [5.41, 5.74) is -1.30. The van der Waals surface area contributed by atoms with E-state index in [4.69, 9.17) is 0 Å². The fourth-order valence-corrected chi connectivity index (χ4v) is 3.70. The number of amides is 2. The van der Waals surface area contributed by atoms with Gasteiger partial charge < -0.3 is 14.9 Å². The lowest BCUT2D eigenvalue weighted by molar-refractivity contribution is -0.155. The third-order valence-corrected chi connectivity index (χ3v) is 5.22. The number of hydrogen-bond acceptors (Lipinski definition) is 3. The van der Waals surface area contributed by atoms with Gasteiger partial charge in [-0.3, -0.25) is 14.4 Å². The molecule has 0 spiro atoms. The summed E-state index contributed by atoms with van der Waals surface area (Å²) in [6, 6.07) is 0. The van der Waals surface area contributed by atoms with Gasteiger partial charge >= 0.3 is 5.97 Å². The molecule has 2 saturated heterocycles. The monoisotopic (exact) mass is 338 g/mol. The van der Waals surface area contributed by atoms with Crippen LogP contribution in [-0.2, 0) is 14.4 Å². The maximum atomic E-state index is 12.9. The number of aliphatic carboxylic acids is 1. The maximum Gasteiger partial charge on any atom is 0.311 e. The molecule has 2 fully saturated rings.